The molecule has 2 aromatic rings. The highest BCUT2D eigenvalue weighted by Gasteiger charge is 2.13. The highest BCUT2D eigenvalue weighted by atomic mass is 16.3. The van der Waals surface area contributed by atoms with E-state index in [0.717, 1.165) is 11.3 Å². The van der Waals surface area contributed by atoms with Crippen LogP contribution in [0.15, 0.2) is 28.7 Å². The Balaban J connectivity index is 2.21. The Hall–Kier alpha value is -2.23. The van der Waals surface area contributed by atoms with E-state index in [9.17, 15) is 4.79 Å². The topological polar surface area (TPSA) is 68.3 Å². The molecule has 0 unspecified atom stereocenters. The molecule has 1 aromatic carbocycles. The van der Waals surface area contributed by atoms with Crippen molar-refractivity contribution in [2.24, 2.45) is 0 Å². The molecule has 4 heteroatoms. The number of anilines is 2. The van der Waals surface area contributed by atoms with E-state index < -0.39 is 0 Å². The standard InChI is InChI=1S/C14H16N2O2/c1-8-4-5-11(7-13(8)15)16-14(17)12-6-9(2)18-10(12)3/h4-7H,15H2,1-3H3,(H,16,17). The summed E-state index contributed by atoms with van der Waals surface area (Å²) in [6.45, 7) is 5.50. The molecule has 0 aliphatic heterocycles. The van der Waals surface area contributed by atoms with Gasteiger partial charge in [-0.05, 0) is 44.5 Å². The molecule has 0 aliphatic carbocycles. The summed E-state index contributed by atoms with van der Waals surface area (Å²) in [7, 11) is 0. The van der Waals surface area contributed by atoms with Crippen LogP contribution in [0.4, 0.5) is 11.4 Å². The van der Waals surface area contributed by atoms with Crippen molar-refractivity contribution in [2.45, 2.75) is 20.8 Å². The molecule has 1 aromatic heterocycles. The molecule has 0 bridgehead atoms. The number of nitrogens with two attached hydrogens (primary N) is 1. The molecule has 0 fully saturated rings. The molecule has 1 heterocycles. The molecule has 94 valence electrons. The van der Waals surface area contributed by atoms with Crippen LogP contribution < -0.4 is 11.1 Å². The molecule has 0 atom stereocenters. The fraction of sp³-hybridized carbons (Fsp3) is 0.214. The van der Waals surface area contributed by atoms with Crippen LogP contribution in [0.1, 0.15) is 27.4 Å². The number of nitrogens with one attached hydrogen (secondary N) is 1. The highest BCUT2D eigenvalue weighted by molar-refractivity contribution is 6.05. The number of nitrogen functional groups attached to an aromatic ring is 1. The fourth-order valence-electron chi connectivity index (χ4n) is 1.77. The third-order valence-electron chi connectivity index (χ3n) is 2.82. The van der Waals surface area contributed by atoms with Crippen molar-refractivity contribution in [2.75, 3.05) is 11.1 Å². The summed E-state index contributed by atoms with van der Waals surface area (Å²) in [5.74, 6) is 1.15. The molecule has 0 radical (unpaired) electrons. The zero-order chi connectivity index (χ0) is 13.3. The summed E-state index contributed by atoms with van der Waals surface area (Å²) in [4.78, 5) is 12.0. The van der Waals surface area contributed by atoms with Crippen LogP contribution in [-0.4, -0.2) is 5.91 Å². The summed E-state index contributed by atoms with van der Waals surface area (Å²) in [6.07, 6.45) is 0. The molecule has 1 amide bonds. The molecule has 0 saturated heterocycles. The van der Waals surface area contributed by atoms with E-state index in [1.54, 1.807) is 19.1 Å². The predicted molar refractivity (Wildman–Crippen MR) is 71.7 cm³/mol. The van der Waals surface area contributed by atoms with Crippen LogP contribution >= 0.6 is 0 Å². The van der Waals surface area contributed by atoms with Crippen LogP contribution in [0.25, 0.3) is 0 Å². The van der Waals surface area contributed by atoms with Gasteiger partial charge >= 0.3 is 0 Å². The summed E-state index contributed by atoms with van der Waals surface area (Å²) in [5, 5.41) is 2.80. The number of hydrogen-bond acceptors (Lipinski definition) is 3. The maximum Gasteiger partial charge on any atom is 0.259 e. The predicted octanol–water partition coefficient (Wildman–Crippen LogP) is 3.04. The minimum atomic E-state index is -0.187. The molecular weight excluding hydrogens is 228 g/mol. The molecule has 18 heavy (non-hydrogen) atoms. The minimum Gasteiger partial charge on any atom is -0.466 e. The third kappa shape index (κ3) is 2.37. The van der Waals surface area contributed by atoms with E-state index in [1.807, 2.05) is 26.0 Å². The number of benzene rings is 1. The van der Waals surface area contributed by atoms with Gasteiger partial charge in [0.25, 0.3) is 5.91 Å². The van der Waals surface area contributed by atoms with Crippen molar-refractivity contribution < 1.29 is 9.21 Å². The van der Waals surface area contributed by atoms with Crippen LogP contribution in [0.3, 0.4) is 0 Å². The van der Waals surface area contributed by atoms with Crippen molar-refractivity contribution in [3.05, 3.63) is 46.9 Å². The van der Waals surface area contributed by atoms with Crippen LogP contribution in [0.2, 0.25) is 0 Å². The molecule has 2 rings (SSSR count). The number of aryl methyl sites for hydroxylation is 3. The van der Waals surface area contributed by atoms with Gasteiger partial charge in [-0.2, -0.15) is 0 Å². The van der Waals surface area contributed by atoms with Crippen molar-refractivity contribution >= 4 is 17.3 Å². The van der Waals surface area contributed by atoms with Crippen LogP contribution in [0.5, 0.6) is 0 Å². The number of hydrogen-bond donors (Lipinski definition) is 2. The van der Waals surface area contributed by atoms with Gasteiger partial charge in [-0.3, -0.25) is 4.79 Å². The zero-order valence-electron chi connectivity index (χ0n) is 10.7. The Labute approximate surface area is 106 Å². The van der Waals surface area contributed by atoms with Gasteiger partial charge in [0.15, 0.2) is 0 Å². The fourth-order valence-corrected chi connectivity index (χ4v) is 1.77. The van der Waals surface area contributed by atoms with Gasteiger partial charge in [0.05, 0.1) is 5.56 Å². The van der Waals surface area contributed by atoms with E-state index >= 15 is 0 Å². The van der Waals surface area contributed by atoms with E-state index in [-0.39, 0.29) is 5.91 Å². The first-order valence-electron chi connectivity index (χ1n) is 5.72. The smallest absolute Gasteiger partial charge is 0.259 e. The summed E-state index contributed by atoms with van der Waals surface area (Å²) in [6, 6.07) is 7.17. The Morgan fingerprint density at radius 3 is 2.50 bits per heavy atom. The van der Waals surface area contributed by atoms with E-state index in [0.29, 0.717) is 22.7 Å². The second-order valence-electron chi connectivity index (χ2n) is 4.35. The number of carbonyl (C=O) groups is 1. The number of carbonyl (C=O) groups excluding carboxylic acids is 1. The van der Waals surface area contributed by atoms with Gasteiger partial charge in [-0.25, -0.2) is 0 Å². The molecule has 4 nitrogen and oxygen atoms in total. The van der Waals surface area contributed by atoms with Gasteiger partial charge < -0.3 is 15.5 Å². The van der Waals surface area contributed by atoms with Gasteiger partial charge in [0.2, 0.25) is 0 Å². The molecular formula is C14H16N2O2. The van der Waals surface area contributed by atoms with Crippen molar-refractivity contribution in [1.29, 1.82) is 0 Å². The summed E-state index contributed by atoms with van der Waals surface area (Å²) < 4.78 is 5.33. The lowest BCUT2D eigenvalue weighted by Crippen LogP contribution is -2.12. The van der Waals surface area contributed by atoms with Crippen LogP contribution in [0, 0.1) is 20.8 Å². The maximum absolute atomic E-state index is 12.0. The van der Waals surface area contributed by atoms with Crippen molar-refractivity contribution in [1.82, 2.24) is 0 Å². The lowest BCUT2D eigenvalue weighted by molar-refractivity contribution is 0.102. The highest BCUT2D eigenvalue weighted by Crippen LogP contribution is 2.19. The number of furan rings is 1. The first-order chi connectivity index (χ1) is 8.47. The normalized spacial score (nSPS) is 10.4. The third-order valence-corrected chi connectivity index (χ3v) is 2.82. The van der Waals surface area contributed by atoms with Gasteiger partial charge in [0, 0.05) is 11.4 Å². The van der Waals surface area contributed by atoms with Crippen LogP contribution in [-0.2, 0) is 0 Å². The second kappa shape index (κ2) is 4.56. The summed E-state index contributed by atoms with van der Waals surface area (Å²) >= 11 is 0. The first-order valence-corrected chi connectivity index (χ1v) is 5.72. The summed E-state index contributed by atoms with van der Waals surface area (Å²) in [5.41, 5.74) is 8.68. The minimum absolute atomic E-state index is 0.187. The van der Waals surface area contributed by atoms with E-state index in [1.165, 1.54) is 0 Å². The maximum atomic E-state index is 12.0. The monoisotopic (exact) mass is 244 g/mol. The largest absolute Gasteiger partial charge is 0.466 e. The van der Waals surface area contributed by atoms with Gasteiger partial charge in [-0.15, -0.1) is 0 Å². The van der Waals surface area contributed by atoms with Gasteiger partial charge in [0.1, 0.15) is 11.5 Å². The Morgan fingerprint density at radius 1 is 1.22 bits per heavy atom. The Bertz CT molecular complexity index is 600. The SMILES string of the molecule is Cc1cc(C(=O)Nc2ccc(C)c(N)c2)c(C)o1. The molecule has 0 aliphatic rings. The Kier molecular flexibility index (Phi) is 3.10. The van der Waals surface area contributed by atoms with Gasteiger partial charge in [-0.1, -0.05) is 6.07 Å². The van der Waals surface area contributed by atoms with Crippen molar-refractivity contribution in [3.63, 3.8) is 0 Å². The lowest BCUT2D eigenvalue weighted by Gasteiger charge is -2.06. The van der Waals surface area contributed by atoms with E-state index in [4.69, 9.17) is 10.2 Å². The average molecular weight is 244 g/mol. The van der Waals surface area contributed by atoms with E-state index in [2.05, 4.69) is 5.32 Å². The number of amides is 1. The molecule has 0 spiro atoms. The molecule has 3 N–H and O–H groups in total. The van der Waals surface area contributed by atoms with Crippen molar-refractivity contribution in [3.8, 4) is 0 Å². The first kappa shape index (κ1) is 12.2. The zero-order valence-corrected chi connectivity index (χ0v) is 10.7. The molecule has 0 saturated carbocycles. The Morgan fingerprint density at radius 2 is 1.94 bits per heavy atom. The average Bonchev–Trinajstić information content (AvgIpc) is 2.63. The lowest BCUT2D eigenvalue weighted by atomic mass is 10.1. The number of rotatable bonds is 2. The second-order valence-corrected chi connectivity index (χ2v) is 4.35. The quantitative estimate of drug-likeness (QED) is 0.798.